The predicted molar refractivity (Wildman–Crippen MR) is 47.2 cm³/mol. The van der Waals surface area contributed by atoms with Gasteiger partial charge in [0.2, 0.25) is 0 Å². The third-order valence-corrected chi connectivity index (χ3v) is 1.53. The second kappa shape index (κ2) is 5.48. The van der Waals surface area contributed by atoms with Crippen molar-refractivity contribution in [1.29, 1.82) is 0 Å². The first-order chi connectivity index (χ1) is 4.66. The van der Waals surface area contributed by atoms with Crippen molar-refractivity contribution in [1.82, 2.24) is 4.90 Å². The highest BCUT2D eigenvalue weighted by Gasteiger charge is 1.94. The van der Waals surface area contributed by atoms with Gasteiger partial charge in [0.05, 0.1) is 0 Å². The van der Waals surface area contributed by atoms with Gasteiger partial charge in [-0.3, -0.25) is 0 Å². The largest absolute Gasteiger partial charge is 0.306 e. The van der Waals surface area contributed by atoms with E-state index in [0.717, 1.165) is 13.0 Å². The third-order valence-electron chi connectivity index (χ3n) is 1.53. The molecule has 0 saturated carbocycles. The van der Waals surface area contributed by atoms with Crippen molar-refractivity contribution in [2.45, 2.75) is 26.7 Å². The Bertz CT molecular complexity index is 96.9. The average molecular weight is 141 g/mol. The standard InChI is InChI=1S/C9H19N/c1-5-7-10(4)8-6-9(2)3/h2,5-8H2,1,3-4H3. The van der Waals surface area contributed by atoms with Gasteiger partial charge < -0.3 is 4.90 Å². The molecule has 0 bridgehead atoms. The quantitative estimate of drug-likeness (QED) is 0.531. The fourth-order valence-electron chi connectivity index (χ4n) is 0.875. The maximum atomic E-state index is 3.86. The predicted octanol–water partition coefficient (Wildman–Crippen LogP) is 2.29. The molecule has 0 fully saturated rings. The fraction of sp³-hybridized carbons (Fsp3) is 0.778. The average Bonchev–Trinajstić information content (AvgIpc) is 1.85. The van der Waals surface area contributed by atoms with Crippen molar-refractivity contribution in [3.05, 3.63) is 12.2 Å². The molecule has 1 nitrogen and oxygen atoms in total. The summed E-state index contributed by atoms with van der Waals surface area (Å²) in [6.45, 7) is 10.5. The smallest absolute Gasteiger partial charge is 0.00153 e. The van der Waals surface area contributed by atoms with Gasteiger partial charge in [0.1, 0.15) is 0 Å². The number of hydrogen-bond acceptors (Lipinski definition) is 1. The van der Waals surface area contributed by atoms with Crippen LogP contribution in [0.4, 0.5) is 0 Å². The molecule has 60 valence electrons. The van der Waals surface area contributed by atoms with Gasteiger partial charge >= 0.3 is 0 Å². The van der Waals surface area contributed by atoms with Crippen LogP contribution in [0.25, 0.3) is 0 Å². The molecule has 0 N–H and O–H groups in total. The zero-order valence-electron chi connectivity index (χ0n) is 7.48. The molecule has 0 saturated heterocycles. The summed E-state index contributed by atoms with van der Waals surface area (Å²) in [6.07, 6.45) is 2.38. The molecule has 0 aliphatic rings. The van der Waals surface area contributed by atoms with Crippen LogP contribution in [0.1, 0.15) is 26.7 Å². The summed E-state index contributed by atoms with van der Waals surface area (Å²) in [5.41, 5.74) is 1.28. The molecule has 0 amide bonds. The summed E-state index contributed by atoms with van der Waals surface area (Å²) in [7, 11) is 2.16. The minimum atomic E-state index is 1.14. The zero-order valence-corrected chi connectivity index (χ0v) is 7.48. The summed E-state index contributed by atoms with van der Waals surface area (Å²) in [4.78, 5) is 2.34. The Morgan fingerprint density at radius 3 is 2.40 bits per heavy atom. The summed E-state index contributed by atoms with van der Waals surface area (Å²) in [5, 5.41) is 0. The lowest BCUT2D eigenvalue weighted by atomic mass is 10.2. The Kier molecular flexibility index (Phi) is 5.32. The van der Waals surface area contributed by atoms with Crippen LogP contribution in [0, 0.1) is 0 Å². The van der Waals surface area contributed by atoms with Crippen LogP contribution in [0.15, 0.2) is 12.2 Å². The molecule has 0 rings (SSSR count). The first-order valence-electron chi connectivity index (χ1n) is 3.99. The minimum absolute atomic E-state index is 1.14. The van der Waals surface area contributed by atoms with E-state index in [1.54, 1.807) is 0 Å². The van der Waals surface area contributed by atoms with Gasteiger partial charge in [-0.05, 0) is 33.4 Å². The Hall–Kier alpha value is -0.300. The molecule has 0 spiro atoms. The normalized spacial score (nSPS) is 10.4. The van der Waals surface area contributed by atoms with Gasteiger partial charge in [-0.2, -0.15) is 0 Å². The van der Waals surface area contributed by atoms with Crippen LogP contribution < -0.4 is 0 Å². The van der Waals surface area contributed by atoms with Crippen LogP contribution in [-0.2, 0) is 0 Å². The molecular formula is C9H19N. The second-order valence-corrected chi connectivity index (χ2v) is 3.01. The van der Waals surface area contributed by atoms with Crippen LogP contribution in [-0.4, -0.2) is 25.0 Å². The highest BCUT2D eigenvalue weighted by molar-refractivity contribution is 4.88. The molecule has 0 atom stereocenters. The zero-order chi connectivity index (χ0) is 7.98. The first kappa shape index (κ1) is 9.70. The van der Waals surface area contributed by atoms with Crippen LogP contribution in [0.5, 0.6) is 0 Å². The van der Waals surface area contributed by atoms with E-state index >= 15 is 0 Å². The molecule has 0 aromatic rings. The SMILES string of the molecule is C=C(C)CCN(C)CCC. The Balaban J connectivity index is 3.21. The number of nitrogens with zero attached hydrogens (tertiary/aromatic N) is 1. The molecule has 0 heterocycles. The van der Waals surface area contributed by atoms with Crippen molar-refractivity contribution in [3.63, 3.8) is 0 Å². The fourth-order valence-corrected chi connectivity index (χ4v) is 0.875. The molecule has 1 heteroatoms. The van der Waals surface area contributed by atoms with Gasteiger partial charge in [0, 0.05) is 6.54 Å². The lowest BCUT2D eigenvalue weighted by molar-refractivity contribution is 0.339. The third kappa shape index (κ3) is 5.83. The van der Waals surface area contributed by atoms with E-state index < -0.39 is 0 Å². The summed E-state index contributed by atoms with van der Waals surface area (Å²) < 4.78 is 0. The first-order valence-corrected chi connectivity index (χ1v) is 3.99. The van der Waals surface area contributed by atoms with Crippen LogP contribution >= 0.6 is 0 Å². The lowest BCUT2D eigenvalue weighted by Gasteiger charge is -2.14. The molecular weight excluding hydrogens is 122 g/mol. The second-order valence-electron chi connectivity index (χ2n) is 3.01. The van der Waals surface area contributed by atoms with E-state index in [9.17, 15) is 0 Å². The van der Waals surface area contributed by atoms with Crippen molar-refractivity contribution in [2.75, 3.05) is 20.1 Å². The summed E-state index contributed by atoms with van der Waals surface area (Å²) in [5.74, 6) is 0. The minimum Gasteiger partial charge on any atom is -0.306 e. The Morgan fingerprint density at radius 1 is 1.40 bits per heavy atom. The lowest BCUT2D eigenvalue weighted by Crippen LogP contribution is -2.20. The molecule has 0 aromatic carbocycles. The van der Waals surface area contributed by atoms with Crippen molar-refractivity contribution in [3.8, 4) is 0 Å². The van der Waals surface area contributed by atoms with E-state index in [-0.39, 0.29) is 0 Å². The van der Waals surface area contributed by atoms with E-state index in [2.05, 4.69) is 32.4 Å². The summed E-state index contributed by atoms with van der Waals surface area (Å²) in [6, 6.07) is 0. The van der Waals surface area contributed by atoms with E-state index in [1.165, 1.54) is 18.5 Å². The molecule has 10 heavy (non-hydrogen) atoms. The van der Waals surface area contributed by atoms with Crippen molar-refractivity contribution < 1.29 is 0 Å². The van der Waals surface area contributed by atoms with Crippen molar-refractivity contribution in [2.24, 2.45) is 0 Å². The van der Waals surface area contributed by atoms with Gasteiger partial charge in [0.15, 0.2) is 0 Å². The topological polar surface area (TPSA) is 3.24 Å². The molecule has 0 aromatic heterocycles. The number of hydrogen-bond donors (Lipinski definition) is 0. The molecule has 0 aliphatic carbocycles. The van der Waals surface area contributed by atoms with Crippen LogP contribution in [0.2, 0.25) is 0 Å². The highest BCUT2D eigenvalue weighted by atomic mass is 15.1. The summed E-state index contributed by atoms with van der Waals surface area (Å²) >= 11 is 0. The van der Waals surface area contributed by atoms with Crippen molar-refractivity contribution >= 4 is 0 Å². The van der Waals surface area contributed by atoms with Crippen LogP contribution in [0.3, 0.4) is 0 Å². The van der Waals surface area contributed by atoms with Gasteiger partial charge in [-0.1, -0.05) is 12.5 Å². The molecule has 0 unspecified atom stereocenters. The van der Waals surface area contributed by atoms with E-state index in [1.807, 2.05) is 0 Å². The molecule has 0 aliphatic heterocycles. The maximum absolute atomic E-state index is 3.86. The van der Waals surface area contributed by atoms with E-state index in [0.29, 0.717) is 0 Å². The van der Waals surface area contributed by atoms with Gasteiger partial charge in [-0.15, -0.1) is 6.58 Å². The highest BCUT2D eigenvalue weighted by Crippen LogP contribution is 1.97. The Morgan fingerprint density at radius 2 is 2.00 bits per heavy atom. The Labute approximate surface area is 64.7 Å². The van der Waals surface area contributed by atoms with Gasteiger partial charge in [0.25, 0.3) is 0 Å². The van der Waals surface area contributed by atoms with E-state index in [4.69, 9.17) is 0 Å². The van der Waals surface area contributed by atoms with Gasteiger partial charge in [-0.25, -0.2) is 0 Å². The number of rotatable bonds is 5. The molecule has 0 radical (unpaired) electrons. The monoisotopic (exact) mass is 141 g/mol. The maximum Gasteiger partial charge on any atom is 0.00153 e.